The summed E-state index contributed by atoms with van der Waals surface area (Å²) in [7, 11) is -3.46. The van der Waals surface area contributed by atoms with Gasteiger partial charge in [-0.25, -0.2) is 8.42 Å². The quantitative estimate of drug-likeness (QED) is 0.548. The van der Waals surface area contributed by atoms with Crippen LogP contribution in [0, 0.1) is 6.92 Å². The second-order valence-electron chi connectivity index (χ2n) is 9.44. The van der Waals surface area contributed by atoms with Gasteiger partial charge < -0.3 is 4.90 Å². The second kappa shape index (κ2) is 9.93. The van der Waals surface area contributed by atoms with E-state index in [9.17, 15) is 13.2 Å². The van der Waals surface area contributed by atoms with Crippen molar-refractivity contribution in [1.82, 2.24) is 14.1 Å². The predicted molar refractivity (Wildman–Crippen MR) is 137 cm³/mol. The first kappa shape index (κ1) is 23.7. The topological polar surface area (TPSA) is 60.9 Å². The first-order valence-electron chi connectivity index (χ1n) is 12.1. The maximum atomic E-state index is 13.0. The summed E-state index contributed by atoms with van der Waals surface area (Å²) in [5.41, 5.74) is 5.44. The molecule has 2 aliphatic heterocycles. The molecule has 0 radical (unpaired) electrons. The number of hydrogen-bond donors (Lipinski definition) is 0. The van der Waals surface area contributed by atoms with Gasteiger partial charge in [-0.1, -0.05) is 54.1 Å². The van der Waals surface area contributed by atoms with Crippen molar-refractivity contribution in [2.75, 3.05) is 32.7 Å². The Labute approximate surface area is 207 Å². The molecule has 3 aromatic rings. The van der Waals surface area contributed by atoms with Crippen LogP contribution in [0.5, 0.6) is 0 Å². The summed E-state index contributed by atoms with van der Waals surface area (Å²) in [4.78, 5) is 17.6. The van der Waals surface area contributed by atoms with E-state index in [0.717, 1.165) is 30.6 Å². The lowest BCUT2D eigenvalue weighted by atomic mass is 9.99. The molecule has 6 nitrogen and oxygen atoms in total. The number of amides is 1. The van der Waals surface area contributed by atoms with Gasteiger partial charge >= 0.3 is 0 Å². The number of carbonyl (C=O) groups is 1. The van der Waals surface area contributed by atoms with E-state index in [0.29, 0.717) is 43.2 Å². The minimum Gasteiger partial charge on any atom is -0.334 e. The Balaban J connectivity index is 1.16. The van der Waals surface area contributed by atoms with Gasteiger partial charge in [-0.3, -0.25) is 9.69 Å². The Kier molecular flexibility index (Phi) is 6.73. The molecule has 1 amide bonds. The zero-order valence-electron chi connectivity index (χ0n) is 20.1. The number of nitrogens with zero attached hydrogens (tertiary/aromatic N) is 3. The normalized spacial score (nSPS) is 17.2. The number of piperazine rings is 1. The molecule has 182 valence electrons. The van der Waals surface area contributed by atoms with Crippen LogP contribution in [0.2, 0.25) is 0 Å². The molecule has 7 heteroatoms. The molecule has 0 unspecified atom stereocenters. The van der Waals surface area contributed by atoms with Crippen LogP contribution < -0.4 is 0 Å². The Bertz CT molecular complexity index is 1300. The van der Waals surface area contributed by atoms with E-state index in [-0.39, 0.29) is 5.91 Å². The zero-order chi connectivity index (χ0) is 24.4. The fourth-order valence-electron chi connectivity index (χ4n) is 4.85. The van der Waals surface area contributed by atoms with Crippen LogP contribution in [-0.2, 0) is 29.5 Å². The molecule has 1 saturated heterocycles. The van der Waals surface area contributed by atoms with Gasteiger partial charge in [-0.15, -0.1) is 0 Å². The monoisotopic (exact) mass is 489 g/mol. The highest BCUT2D eigenvalue weighted by molar-refractivity contribution is 7.89. The third-order valence-electron chi connectivity index (χ3n) is 7.01. The molecular formula is C28H31N3O3S. The molecule has 0 saturated carbocycles. The summed E-state index contributed by atoms with van der Waals surface area (Å²) >= 11 is 0. The van der Waals surface area contributed by atoms with E-state index in [1.165, 1.54) is 11.1 Å². The number of fused-ring (bicyclic) bond motifs is 1. The lowest BCUT2D eigenvalue weighted by molar-refractivity contribution is 0.0734. The first-order chi connectivity index (χ1) is 16.9. The van der Waals surface area contributed by atoms with Gasteiger partial charge in [0.2, 0.25) is 10.0 Å². The zero-order valence-corrected chi connectivity index (χ0v) is 20.9. The summed E-state index contributed by atoms with van der Waals surface area (Å²) in [6, 6.07) is 23.2. The Morgan fingerprint density at radius 1 is 0.800 bits per heavy atom. The van der Waals surface area contributed by atoms with Crippen LogP contribution in [0.4, 0.5) is 0 Å². The number of benzene rings is 3. The van der Waals surface area contributed by atoms with Crippen molar-refractivity contribution >= 4 is 15.9 Å². The molecule has 0 aromatic heterocycles. The van der Waals surface area contributed by atoms with E-state index in [1.807, 2.05) is 54.3 Å². The first-order valence-corrected chi connectivity index (χ1v) is 13.6. The van der Waals surface area contributed by atoms with E-state index in [2.05, 4.69) is 23.1 Å². The van der Waals surface area contributed by atoms with Crippen LogP contribution in [0.15, 0.2) is 77.7 Å². The molecule has 0 aliphatic carbocycles. The maximum absolute atomic E-state index is 13.0. The Morgan fingerprint density at radius 3 is 2.14 bits per heavy atom. The van der Waals surface area contributed by atoms with Gasteiger partial charge in [0.15, 0.2) is 0 Å². The van der Waals surface area contributed by atoms with E-state index < -0.39 is 10.0 Å². The standard InChI is InChI=1S/C28H31N3O3S/c1-22-6-12-27(13-7-22)35(33,34)31-18-16-29(17-19-31)20-23-8-10-25(11-9-23)28(32)30-15-14-24-4-2-3-5-26(24)21-30/h2-13H,14-21H2,1H3. The highest BCUT2D eigenvalue weighted by Crippen LogP contribution is 2.22. The molecule has 0 bridgehead atoms. The molecule has 0 atom stereocenters. The lowest BCUT2D eigenvalue weighted by Crippen LogP contribution is -2.48. The summed E-state index contributed by atoms with van der Waals surface area (Å²) in [6.07, 6.45) is 0.894. The average Bonchev–Trinajstić information content (AvgIpc) is 2.89. The van der Waals surface area contributed by atoms with Crippen molar-refractivity contribution < 1.29 is 13.2 Å². The maximum Gasteiger partial charge on any atom is 0.254 e. The summed E-state index contributed by atoms with van der Waals surface area (Å²) in [5.74, 6) is 0.0704. The number of rotatable bonds is 5. The van der Waals surface area contributed by atoms with Crippen molar-refractivity contribution in [3.63, 3.8) is 0 Å². The van der Waals surface area contributed by atoms with Crippen LogP contribution in [-0.4, -0.2) is 61.2 Å². The van der Waals surface area contributed by atoms with Gasteiger partial charge in [0, 0.05) is 51.4 Å². The van der Waals surface area contributed by atoms with Crippen molar-refractivity contribution in [2.45, 2.75) is 31.3 Å². The average molecular weight is 490 g/mol. The van der Waals surface area contributed by atoms with Crippen LogP contribution >= 0.6 is 0 Å². The van der Waals surface area contributed by atoms with Crippen molar-refractivity contribution in [2.24, 2.45) is 0 Å². The van der Waals surface area contributed by atoms with Gasteiger partial charge in [0.1, 0.15) is 0 Å². The second-order valence-corrected chi connectivity index (χ2v) is 11.4. The van der Waals surface area contributed by atoms with Crippen LogP contribution in [0.1, 0.15) is 32.6 Å². The third-order valence-corrected chi connectivity index (χ3v) is 8.93. The highest BCUT2D eigenvalue weighted by atomic mass is 32.2. The fourth-order valence-corrected chi connectivity index (χ4v) is 6.27. The van der Waals surface area contributed by atoms with E-state index >= 15 is 0 Å². The van der Waals surface area contributed by atoms with Crippen molar-refractivity contribution in [3.8, 4) is 0 Å². The predicted octanol–water partition coefficient (Wildman–Crippen LogP) is 3.70. The minimum atomic E-state index is -3.46. The molecule has 1 fully saturated rings. The van der Waals surface area contributed by atoms with Gasteiger partial charge in [-0.2, -0.15) is 4.31 Å². The minimum absolute atomic E-state index is 0.0704. The number of carbonyl (C=O) groups excluding carboxylic acids is 1. The lowest BCUT2D eigenvalue weighted by Gasteiger charge is -2.34. The summed E-state index contributed by atoms with van der Waals surface area (Å²) in [5, 5.41) is 0. The van der Waals surface area contributed by atoms with Crippen molar-refractivity contribution in [3.05, 3.63) is 101 Å². The number of aryl methyl sites for hydroxylation is 1. The smallest absolute Gasteiger partial charge is 0.254 e. The molecule has 0 N–H and O–H groups in total. The molecule has 2 aliphatic rings. The SMILES string of the molecule is Cc1ccc(S(=O)(=O)N2CCN(Cc3ccc(C(=O)N4CCc5ccccc5C4)cc3)CC2)cc1. The van der Waals surface area contributed by atoms with Crippen LogP contribution in [0.25, 0.3) is 0 Å². The Morgan fingerprint density at radius 2 is 1.46 bits per heavy atom. The largest absolute Gasteiger partial charge is 0.334 e. The van der Waals surface area contributed by atoms with Gasteiger partial charge in [-0.05, 0) is 54.3 Å². The van der Waals surface area contributed by atoms with Gasteiger partial charge in [0.05, 0.1) is 4.90 Å². The molecular weight excluding hydrogens is 458 g/mol. The number of hydrogen-bond acceptors (Lipinski definition) is 4. The molecule has 0 spiro atoms. The van der Waals surface area contributed by atoms with E-state index in [4.69, 9.17) is 0 Å². The molecule has 2 heterocycles. The van der Waals surface area contributed by atoms with Gasteiger partial charge in [0.25, 0.3) is 5.91 Å². The fraction of sp³-hybridized carbons (Fsp3) is 0.321. The van der Waals surface area contributed by atoms with E-state index in [1.54, 1.807) is 16.4 Å². The highest BCUT2D eigenvalue weighted by Gasteiger charge is 2.28. The molecule has 35 heavy (non-hydrogen) atoms. The number of sulfonamides is 1. The van der Waals surface area contributed by atoms with Crippen molar-refractivity contribution in [1.29, 1.82) is 0 Å². The third kappa shape index (κ3) is 5.17. The molecule has 5 rings (SSSR count). The summed E-state index contributed by atoms with van der Waals surface area (Å²) < 4.78 is 27.4. The summed E-state index contributed by atoms with van der Waals surface area (Å²) in [6.45, 7) is 6.40. The van der Waals surface area contributed by atoms with Crippen LogP contribution in [0.3, 0.4) is 0 Å². The molecule has 3 aromatic carbocycles. The Hall–Kier alpha value is -3.00.